The molecule has 1 saturated heterocycles. The number of nitrogens with one attached hydrogen (secondary N) is 1. The smallest absolute Gasteiger partial charge is 0.225 e. The number of carbonyl (C=O) groups is 2. The zero-order valence-electron chi connectivity index (χ0n) is 18.8. The van der Waals surface area contributed by atoms with Gasteiger partial charge >= 0.3 is 0 Å². The lowest BCUT2D eigenvalue weighted by Gasteiger charge is -2.49. The van der Waals surface area contributed by atoms with E-state index in [4.69, 9.17) is 0 Å². The van der Waals surface area contributed by atoms with Gasteiger partial charge in [-0.25, -0.2) is 0 Å². The molecule has 2 aliphatic rings. The van der Waals surface area contributed by atoms with Crippen molar-refractivity contribution in [2.75, 3.05) is 34.2 Å². The number of nitrogens with zero attached hydrogens (tertiary/aromatic N) is 2. The number of likely N-dealkylation sites (tertiary alicyclic amines) is 1. The molecule has 0 bridgehead atoms. The molecular formula is C24H37N3O2. The molecule has 0 unspecified atom stereocenters. The van der Waals surface area contributed by atoms with Crippen molar-refractivity contribution < 1.29 is 9.59 Å². The molecule has 2 amide bonds. The van der Waals surface area contributed by atoms with Crippen LogP contribution >= 0.6 is 0 Å². The van der Waals surface area contributed by atoms with Crippen molar-refractivity contribution in [1.29, 1.82) is 0 Å². The van der Waals surface area contributed by atoms with Crippen molar-refractivity contribution in [1.82, 2.24) is 15.1 Å². The summed E-state index contributed by atoms with van der Waals surface area (Å²) in [6.07, 6.45) is 5.65. The van der Waals surface area contributed by atoms with E-state index >= 15 is 0 Å². The average Bonchev–Trinajstić information content (AvgIpc) is 3.02. The molecule has 3 rings (SSSR count). The first-order valence-electron chi connectivity index (χ1n) is 10.9. The third kappa shape index (κ3) is 4.20. The molecule has 1 aliphatic heterocycles. The summed E-state index contributed by atoms with van der Waals surface area (Å²) in [5.41, 5.74) is 1.09. The summed E-state index contributed by atoms with van der Waals surface area (Å²) in [7, 11) is 6.03. The molecule has 1 heterocycles. The summed E-state index contributed by atoms with van der Waals surface area (Å²) < 4.78 is 0. The monoisotopic (exact) mass is 399 g/mol. The molecule has 29 heavy (non-hydrogen) atoms. The number of amides is 2. The second-order valence-corrected chi connectivity index (χ2v) is 10.00. The van der Waals surface area contributed by atoms with Gasteiger partial charge in [0, 0.05) is 37.5 Å². The molecule has 0 aromatic heterocycles. The van der Waals surface area contributed by atoms with Crippen molar-refractivity contribution >= 4 is 11.8 Å². The van der Waals surface area contributed by atoms with Gasteiger partial charge in [0.15, 0.2) is 0 Å². The maximum absolute atomic E-state index is 12.8. The topological polar surface area (TPSA) is 52.7 Å². The van der Waals surface area contributed by atoms with Gasteiger partial charge in [-0.15, -0.1) is 0 Å². The highest BCUT2D eigenvalue weighted by Gasteiger charge is 2.50. The van der Waals surface area contributed by atoms with Gasteiger partial charge in [-0.1, -0.05) is 44.2 Å². The number of hydrogen-bond acceptors (Lipinski definition) is 3. The zero-order chi connectivity index (χ0) is 21.3. The normalized spacial score (nSPS) is 27.7. The van der Waals surface area contributed by atoms with Gasteiger partial charge in [0.1, 0.15) is 0 Å². The van der Waals surface area contributed by atoms with E-state index in [9.17, 15) is 9.59 Å². The number of benzene rings is 1. The third-order valence-corrected chi connectivity index (χ3v) is 7.56. The first-order chi connectivity index (χ1) is 13.6. The number of hydrogen-bond donors (Lipinski definition) is 1. The largest absolute Gasteiger partial charge is 0.359 e. The van der Waals surface area contributed by atoms with Gasteiger partial charge in [0.25, 0.3) is 0 Å². The van der Waals surface area contributed by atoms with E-state index in [1.54, 1.807) is 7.05 Å². The minimum absolute atomic E-state index is 0.0372. The van der Waals surface area contributed by atoms with Crippen LogP contribution in [0, 0.1) is 10.8 Å². The summed E-state index contributed by atoms with van der Waals surface area (Å²) >= 11 is 0. The fraction of sp³-hybridized carbons (Fsp3) is 0.667. The highest BCUT2D eigenvalue weighted by molar-refractivity contribution is 5.82. The predicted molar refractivity (Wildman–Crippen MR) is 116 cm³/mol. The van der Waals surface area contributed by atoms with E-state index in [2.05, 4.69) is 54.6 Å². The van der Waals surface area contributed by atoms with Crippen molar-refractivity contribution in [3.05, 3.63) is 35.9 Å². The summed E-state index contributed by atoms with van der Waals surface area (Å²) in [4.78, 5) is 29.2. The average molecular weight is 400 g/mol. The summed E-state index contributed by atoms with van der Waals surface area (Å²) in [6, 6.07) is 10.8. The second-order valence-electron chi connectivity index (χ2n) is 10.00. The SMILES string of the molecule is CNC(=O)C(C)(C)CCN1C[C@]2(CC[C@](c3ccccc3)(N(C)C)CC2)CC1=O. The van der Waals surface area contributed by atoms with Gasteiger partial charge in [-0.05, 0) is 57.2 Å². The van der Waals surface area contributed by atoms with Crippen molar-refractivity contribution in [3.63, 3.8) is 0 Å². The molecular weight excluding hydrogens is 362 g/mol. The predicted octanol–water partition coefficient (Wildman–Crippen LogP) is 3.40. The Hall–Kier alpha value is -1.88. The fourth-order valence-electron chi connectivity index (χ4n) is 5.32. The van der Waals surface area contributed by atoms with Crippen LogP contribution in [0.15, 0.2) is 30.3 Å². The molecule has 1 aliphatic carbocycles. The summed E-state index contributed by atoms with van der Waals surface area (Å²) in [5, 5.41) is 2.74. The molecule has 1 saturated carbocycles. The van der Waals surface area contributed by atoms with Crippen LogP contribution in [0.1, 0.15) is 57.9 Å². The van der Waals surface area contributed by atoms with E-state index in [0.717, 1.165) is 32.2 Å². The Balaban J connectivity index is 1.67. The van der Waals surface area contributed by atoms with Crippen LogP contribution < -0.4 is 5.32 Å². The van der Waals surface area contributed by atoms with E-state index < -0.39 is 5.41 Å². The van der Waals surface area contributed by atoms with Gasteiger partial charge in [0.2, 0.25) is 11.8 Å². The van der Waals surface area contributed by atoms with Crippen molar-refractivity contribution in [2.24, 2.45) is 10.8 Å². The minimum atomic E-state index is -0.454. The second kappa shape index (κ2) is 8.10. The number of carbonyl (C=O) groups excluding carboxylic acids is 2. The maximum atomic E-state index is 12.8. The Kier molecular flexibility index (Phi) is 6.09. The van der Waals surface area contributed by atoms with E-state index in [1.807, 2.05) is 18.7 Å². The van der Waals surface area contributed by atoms with Crippen LogP contribution in [0.2, 0.25) is 0 Å². The van der Waals surface area contributed by atoms with Gasteiger partial charge < -0.3 is 10.2 Å². The lowest BCUT2D eigenvalue weighted by Crippen LogP contribution is -2.47. The van der Waals surface area contributed by atoms with Gasteiger partial charge in [-0.2, -0.15) is 0 Å². The highest BCUT2D eigenvalue weighted by atomic mass is 16.2. The molecule has 1 aromatic rings. The third-order valence-electron chi connectivity index (χ3n) is 7.56. The molecule has 1 aromatic carbocycles. The maximum Gasteiger partial charge on any atom is 0.225 e. The summed E-state index contributed by atoms with van der Waals surface area (Å²) in [5.74, 6) is 0.296. The number of rotatable bonds is 6. The standard InChI is InChI=1S/C24H37N3O2/c1-22(2,21(29)25-3)15-16-27-18-23(17-20(27)28)11-13-24(14-12-23,26(4)5)19-9-7-6-8-10-19/h6-10H,11-18H2,1-5H3,(H,25,29)/t23-,24-. The van der Waals surface area contributed by atoms with Gasteiger partial charge in [0.05, 0.1) is 0 Å². The molecule has 5 heteroatoms. The molecule has 160 valence electrons. The van der Waals surface area contributed by atoms with Gasteiger partial charge in [-0.3, -0.25) is 14.5 Å². The molecule has 1 N–H and O–H groups in total. The van der Waals surface area contributed by atoms with Crippen LogP contribution in [0.5, 0.6) is 0 Å². The van der Waals surface area contributed by atoms with E-state index in [-0.39, 0.29) is 22.8 Å². The minimum Gasteiger partial charge on any atom is -0.359 e. The van der Waals surface area contributed by atoms with Crippen LogP contribution in [0.4, 0.5) is 0 Å². The molecule has 0 radical (unpaired) electrons. The Morgan fingerprint density at radius 1 is 1.14 bits per heavy atom. The Morgan fingerprint density at radius 2 is 1.76 bits per heavy atom. The molecule has 2 fully saturated rings. The Labute approximate surface area is 175 Å². The van der Waals surface area contributed by atoms with Crippen LogP contribution in [0.3, 0.4) is 0 Å². The van der Waals surface area contributed by atoms with E-state index in [0.29, 0.717) is 19.4 Å². The highest BCUT2D eigenvalue weighted by Crippen LogP contribution is 2.52. The van der Waals surface area contributed by atoms with Crippen molar-refractivity contribution in [2.45, 2.75) is 57.9 Å². The molecule has 1 spiro atoms. The first kappa shape index (κ1) is 21.8. The summed E-state index contributed by atoms with van der Waals surface area (Å²) in [6.45, 7) is 5.41. The first-order valence-corrected chi connectivity index (χ1v) is 10.9. The lowest BCUT2D eigenvalue weighted by atomic mass is 9.64. The Bertz CT molecular complexity index is 734. The van der Waals surface area contributed by atoms with E-state index in [1.165, 1.54) is 5.56 Å². The fourth-order valence-corrected chi connectivity index (χ4v) is 5.32. The lowest BCUT2D eigenvalue weighted by molar-refractivity contribution is -0.132. The van der Waals surface area contributed by atoms with Crippen LogP contribution in [-0.4, -0.2) is 55.8 Å². The molecule has 0 atom stereocenters. The van der Waals surface area contributed by atoms with Crippen LogP contribution in [-0.2, 0) is 15.1 Å². The van der Waals surface area contributed by atoms with Crippen molar-refractivity contribution in [3.8, 4) is 0 Å². The molecule has 5 nitrogen and oxygen atoms in total. The quantitative estimate of drug-likeness (QED) is 0.798. The Morgan fingerprint density at radius 3 is 2.31 bits per heavy atom. The zero-order valence-corrected chi connectivity index (χ0v) is 18.8. The van der Waals surface area contributed by atoms with Crippen LogP contribution in [0.25, 0.3) is 0 Å².